The van der Waals surface area contributed by atoms with Crippen LogP contribution in [-0.2, 0) is 6.42 Å². The van der Waals surface area contributed by atoms with E-state index in [9.17, 15) is 0 Å². The van der Waals surface area contributed by atoms with Gasteiger partial charge in [0, 0.05) is 31.8 Å². The maximum atomic E-state index is 4.72. The monoisotopic (exact) mass is 270 g/mol. The number of hydrogen-bond donors (Lipinski definition) is 1. The Morgan fingerprint density at radius 1 is 1.15 bits per heavy atom. The first-order valence-electron chi connectivity index (χ1n) is 7.01. The van der Waals surface area contributed by atoms with Gasteiger partial charge in [-0.15, -0.1) is 0 Å². The largest absolute Gasteiger partial charge is 0.373 e. The molecule has 2 aromatic rings. The molecule has 0 atom stereocenters. The molecule has 4 heteroatoms. The Hall–Kier alpha value is -2.10. The maximum Gasteiger partial charge on any atom is 0.141 e. The van der Waals surface area contributed by atoms with Gasteiger partial charge in [0.2, 0.25) is 0 Å². The minimum atomic E-state index is 0.889. The Morgan fingerprint density at radius 3 is 2.45 bits per heavy atom. The number of aromatic nitrogens is 2. The molecular weight excluding hydrogens is 248 g/mol. The minimum Gasteiger partial charge on any atom is -0.373 e. The molecule has 0 saturated carbocycles. The van der Waals surface area contributed by atoms with Gasteiger partial charge in [0.25, 0.3) is 0 Å². The van der Waals surface area contributed by atoms with E-state index < -0.39 is 0 Å². The number of nitrogens with one attached hydrogen (secondary N) is 1. The molecule has 0 saturated heterocycles. The van der Waals surface area contributed by atoms with E-state index in [0.717, 1.165) is 41.6 Å². The molecule has 2 rings (SSSR count). The SMILES string of the molecule is CCCc1nc(NC)c(C)c(N(C)c2ccccc2)n1. The van der Waals surface area contributed by atoms with Crippen molar-refractivity contribution in [3.05, 3.63) is 41.7 Å². The second kappa shape index (κ2) is 6.37. The number of aryl methyl sites for hydroxylation is 1. The Labute approximate surface area is 120 Å². The van der Waals surface area contributed by atoms with Crippen LogP contribution < -0.4 is 10.2 Å². The van der Waals surface area contributed by atoms with Gasteiger partial charge in [0.1, 0.15) is 17.5 Å². The molecule has 1 heterocycles. The van der Waals surface area contributed by atoms with Crippen LogP contribution in [0.5, 0.6) is 0 Å². The maximum absolute atomic E-state index is 4.72. The Morgan fingerprint density at radius 2 is 1.85 bits per heavy atom. The molecule has 0 aliphatic heterocycles. The zero-order chi connectivity index (χ0) is 14.5. The second-order valence-electron chi connectivity index (χ2n) is 4.83. The fourth-order valence-corrected chi connectivity index (χ4v) is 2.23. The third kappa shape index (κ3) is 2.90. The molecule has 1 aromatic heterocycles. The van der Waals surface area contributed by atoms with Gasteiger partial charge in [-0.3, -0.25) is 0 Å². The molecule has 106 valence electrons. The van der Waals surface area contributed by atoms with E-state index >= 15 is 0 Å². The summed E-state index contributed by atoms with van der Waals surface area (Å²) in [6.45, 7) is 4.19. The molecule has 0 fully saturated rings. The quantitative estimate of drug-likeness (QED) is 0.902. The van der Waals surface area contributed by atoms with Crippen molar-refractivity contribution in [2.45, 2.75) is 26.7 Å². The first kappa shape index (κ1) is 14.3. The summed E-state index contributed by atoms with van der Waals surface area (Å²) >= 11 is 0. The van der Waals surface area contributed by atoms with Gasteiger partial charge in [-0.1, -0.05) is 25.1 Å². The first-order chi connectivity index (χ1) is 9.67. The Kier molecular flexibility index (Phi) is 4.56. The lowest BCUT2D eigenvalue weighted by Gasteiger charge is -2.22. The Bertz CT molecular complexity index is 566. The fraction of sp³-hybridized carbons (Fsp3) is 0.375. The van der Waals surface area contributed by atoms with Gasteiger partial charge >= 0.3 is 0 Å². The van der Waals surface area contributed by atoms with E-state index in [2.05, 4.69) is 41.2 Å². The molecule has 0 aliphatic rings. The molecule has 0 unspecified atom stereocenters. The van der Waals surface area contributed by atoms with Crippen molar-refractivity contribution >= 4 is 17.3 Å². The highest BCUT2D eigenvalue weighted by atomic mass is 15.2. The zero-order valence-corrected chi connectivity index (χ0v) is 12.6. The van der Waals surface area contributed by atoms with E-state index in [1.54, 1.807) is 0 Å². The highest BCUT2D eigenvalue weighted by molar-refractivity contribution is 5.66. The van der Waals surface area contributed by atoms with Gasteiger partial charge in [0.05, 0.1) is 0 Å². The molecule has 0 aliphatic carbocycles. The first-order valence-corrected chi connectivity index (χ1v) is 7.01. The van der Waals surface area contributed by atoms with E-state index in [0.29, 0.717) is 0 Å². The van der Waals surface area contributed by atoms with E-state index in [4.69, 9.17) is 4.98 Å². The third-order valence-electron chi connectivity index (χ3n) is 3.34. The molecule has 1 aromatic carbocycles. The number of para-hydroxylation sites is 1. The van der Waals surface area contributed by atoms with Crippen LogP contribution in [0.3, 0.4) is 0 Å². The summed E-state index contributed by atoms with van der Waals surface area (Å²) in [6.07, 6.45) is 1.94. The van der Waals surface area contributed by atoms with Gasteiger partial charge in [-0.25, -0.2) is 9.97 Å². The summed E-state index contributed by atoms with van der Waals surface area (Å²) < 4.78 is 0. The lowest BCUT2D eigenvalue weighted by molar-refractivity contribution is 0.828. The topological polar surface area (TPSA) is 41.1 Å². The van der Waals surface area contributed by atoms with Crippen LogP contribution in [0.4, 0.5) is 17.3 Å². The van der Waals surface area contributed by atoms with Gasteiger partial charge in [0.15, 0.2) is 0 Å². The van der Waals surface area contributed by atoms with Crippen LogP contribution in [0.1, 0.15) is 24.7 Å². The summed E-state index contributed by atoms with van der Waals surface area (Å²) in [5, 5.41) is 3.16. The summed E-state index contributed by atoms with van der Waals surface area (Å²) in [6, 6.07) is 10.3. The standard InChI is InChI=1S/C16H22N4/c1-5-9-14-18-15(17-3)12(2)16(19-14)20(4)13-10-7-6-8-11-13/h6-8,10-11H,5,9H2,1-4H3,(H,17,18,19). The molecule has 0 amide bonds. The average molecular weight is 270 g/mol. The van der Waals surface area contributed by atoms with E-state index in [1.807, 2.05) is 32.3 Å². The van der Waals surface area contributed by atoms with Crippen LogP contribution in [0.15, 0.2) is 30.3 Å². The fourth-order valence-electron chi connectivity index (χ4n) is 2.23. The lowest BCUT2D eigenvalue weighted by atomic mass is 10.2. The molecule has 1 N–H and O–H groups in total. The second-order valence-corrected chi connectivity index (χ2v) is 4.83. The van der Waals surface area contributed by atoms with Crippen LogP contribution in [0, 0.1) is 6.92 Å². The molecule has 4 nitrogen and oxygen atoms in total. The zero-order valence-electron chi connectivity index (χ0n) is 12.6. The van der Waals surface area contributed by atoms with Crippen molar-refractivity contribution in [3.8, 4) is 0 Å². The van der Waals surface area contributed by atoms with E-state index in [1.165, 1.54) is 0 Å². The van der Waals surface area contributed by atoms with Crippen molar-refractivity contribution in [1.29, 1.82) is 0 Å². The van der Waals surface area contributed by atoms with E-state index in [-0.39, 0.29) is 0 Å². The molecule has 0 bridgehead atoms. The highest BCUT2D eigenvalue weighted by Crippen LogP contribution is 2.28. The van der Waals surface area contributed by atoms with Crippen molar-refractivity contribution in [1.82, 2.24) is 9.97 Å². The van der Waals surface area contributed by atoms with Crippen LogP contribution in [0.25, 0.3) is 0 Å². The summed E-state index contributed by atoms with van der Waals surface area (Å²) in [5.41, 5.74) is 2.19. The predicted octanol–water partition coefficient (Wildman–Crippen LogP) is 3.55. The number of nitrogens with zero attached hydrogens (tertiary/aromatic N) is 3. The minimum absolute atomic E-state index is 0.889. The van der Waals surface area contributed by atoms with Crippen LogP contribution in [0.2, 0.25) is 0 Å². The van der Waals surface area contributed by atoms with Crippen molar-refractivity contribution in [2.75, 3.05) is 24.3 Å². The highest BCUT2D eigenvalue weighted by Gasteiger charge is 2.14. The number of hydrogen-bond acceptors (Lipinski definition) is 4. The Balaban J connectivity index is 2.46. The average Bonchev–Trinajstić information content (AvgIpc) is 2.49. The summed E-state index contributed by atoms with van der Waals surface area (Å²) in [5.74, 6) is 2.75. The number of anilines is 3. The molecular formula is C16H22N4. The van der Waals surface area contributed by atoms with Gasteiger partial charge < -0.3 is 10.2 Å². The molecule has 0 radical (unpaired) electrons. The number of benzene rings is 1. The van der Waals surface area contributed by atoms with Gasteiger partial charge in [-0.2, -0.15) is 0 Å². The van der Waals surface area contributed by atoms with Gasteiger partial charge in [-0.05, 0) is 25.5 Å². The van der Waals surface area contributed by atoms with Crippen LogP contribution >= 0.6 is 0 Å². The molecule has 0 spiro atoms. The summed E-state index contributed by atoms with van der Waals surface area (Å²) in [4.78, 5) is 11.4. The smallest absolute Gasteiger partial charge is 0.141 e. The van der Waals surface area contributed by atoms with Crippen LogP contribution in [-0.4, -0.2) is 24.1 Å². The predicted molar refractivity (Wildman–Crippen MR) is 84.8 cm³/mol. The summed E-state index contributed by atoms with van der Waals surface area (Å²) in [7, 11) is 3.94. The normalized spacial score (nSPS) is 10.4. The van der Waals surface area contributed by atoms with Crippen molar-refractivity contribution < 1.29 is 0 Å². The van der Waals surface area contributed by atoms with Crippen molar-refractivity contribution in [3.63, 3.8) is 0 Å². The van der Waals surface area contributed by atoms with Crippen molar-refractivity contribution in [2.24, 2.45) is 0 Å². The molecule has 20 heavy (non-hydrogen) atoms. The number of rotatable bonds is 5. The lowest BCUT2D eigenvalue weighted by Crippen LogP contribution is -2.16. The third-order valence-corrected chi connectivity index (χ3v) is 3.34.